The quantitative estimate of drug-likeness (QED) is 0.113. The van der Waals surface area contributed by atoms with Gasteiger partial charge in [-0.15, -0.1) is 0 Å². The zero-order chi connectivity index (χ0) is 47.6. The van der Waals surface area contributed by atoms with E-state index >= 15 is 4.79 Å². The molecular formula is C49H55NO15. The molecule has 2 saturated carbocycles. The summed E-state index contributed by atoms with van der Waals surface area (Å²) in [6, 6.07) is 22.6. The molecule has 0 aromatic heterocycles. The lowest BCUT2D eigenvalue weighted by Crippen LogP contribution is -2.76. The molecule has 2 fully saturated rings. The van der Waals surface area contributed by atoms with E-state index in [1.807, 2.05) is 0 Å². The van der Waals surface area contributed by atoms with Gasteiger partial charge in [0.15, 0.2) is 23.6 Å². The maximum absolute atomic E-state index is 15.6. The molecule has 0 spiro atoms. The summed E-state index contributed by atoms with van der Waals surface area (Å²) in [6.45, 7) is 8.34. The van der Waals surface area contributed by atoms with E-state index < -0.39 is 119 Å². The van der Waals surface area contributed by atoms with Crippen molar-refractivity contribution in [1.29, 1.82) is 0 Å². The Morgan fingerprint density at radius 1 is 0.785 bits per heavy atom. The normalized spacial score (nSPS) is 29.0. The molecule has 10 atom stereocenters. The number of esters is 5. The highest BCUT2D eigenvalue weighted by atomic mass is 16.6. The molecule has 0 saturated heterocycles. The minimum absolute atomic E-state index is 0.00886. The number of Topliss-reactive ketones (excluding diaryl/α,β-unsaturated/α-hetero) is 1. The van der Waals surface area contributed by atoms with Gasteiger partial charge in [0, 0.05) is 38.2 Å². The topological polar surface area (TPSA) is 238 Å². The predicted octanol–water partition coefficient (Wildman–Crippen LogP) is 4.29. The molecule has 6 rings (SSSR count). The number of hydrogen-bond donors (Lipinski definition) is 4. The lowest BCUT2D eigenvalue weighted by atomic mass is 9.45. The van der Waals surface area contributed by atoms with Gasteiger partial charge in [-0.2, -0.15) is 0 Å². The fourth-order valence-electron chi connectivity index (χ4n) is 10.1. The van der Waals surface area contributed by atoms with Gasteiger partial charge in [0.25, 0.3) is 5.91 Å². The van der Waals surface area contributed by atoms with E-state index in [0.717, 1.165) is 20.8 Å². The fraction of sp³-hybridized carbons (Fsp3) is 0.449. The zero-order valence-electron chi connectivity index (χ0n) is 37.3. The number of rotatable bonds is 12. The number of ether oxygens (including phenoxy) is 5. The number of hydrogen-bond acceptors (Lipinski definition) is 15. The number of nitrogens with one attached hydrogen (secondary N) is 1. The van der Waals surface area contributed by atoms with E-state index in [0.29, 0.717) is 5.56 Å². The molecule has 346 valence electrons. The van der Waals surface area contributed by atoms with Gasteiger partial charge in [0.1, 0.15) is 24.4 Å². The highest BCUT2D eigenvalue weighted by Crippen LogP contribution is 2.62. The Kier molecular flexibility index (Phi) is 13.9. The average Bonchev–Trinajstić information content (AvgIpc) is 3.27. The number of benzene rings is 3. The molecule has 2 bridgehead atoms. The van der Waals surface area contributed by atoms with E-state index in [1.54, 1.807) is 78.9 Å². The molecule has 16 heteroatoms. The zero-order valence-corrected chi connectivity index (χ0v) is 37.3. The molecule has 3 aromatic rings. The second-order valence-corrected chi connectivity index (χ2v) is 17.7. The van der Waals surface area contributed by atoms with Crippen molar-refractivity contribution in [3.8, 4) is 0 Å². The standard InChI is InChI=1S/C49H55NO15/c1-27-34(63-45(59)38(55)37(31-17-11-8-12-18-31)50-43(57)32-19-13-9-14-20-32)25-49(60)42(64-44(58)33-21-15-10-16-22-33)40-47(7,41(56)39(62-29(3)52)36(27)46(49,5)6)35(54)23-24-48(40,65-30(4)53)26-61-28(2)51/h8-22,34-35,37-40,42,54-55,60H,23-26H2,1-7H3,(H,50,57)/t34-,35+,37-,38+,39+,40-,42-,47+,48+,49+/m0/s1. The minimum Gasteiger partial charge on any atom is -0.462 e. The van der Waals surface area contributed by atoms with Gasteiger partial charge in [-0.3, -0.25) is 24.0 Å². The number of aliphatic hydroxyl groups excluding tert-OH is 2. The van der Waals surface area contributed by atoms with E-state index in [-0.39, 0.29) is 35.1 Å². The first-order chi connectivity index (χ1) is 30.6. The summed E-state index contributed by atoms with van der Waals surface area (Å²) in [4.78, 5) is 96.6. The molecule has 16 nitrogen and oxygen atoms in total. The van der Waals surface area contributed by atoms with Gasteiger partial charge < -0.3 is 44.3 Å². The van der Waals surface area contributed by atoms with Crippen LogP contribution in [0.4, 0.5) is 0 Å². The van der Waals surface area contributed by atoms with E-state index in [1.165, 1.54) is 39.8 Å². The first kappa shape index (κ1) is 48.2. The highest BCUT2D eigenvalue weighted by Gasteiger charge is 2.74. The van der Waals surface area contributed by atoms with Gasteiger partial charge in [-0.25, -0.2) is 9.59 Å². The molecule has 0 heterocycles. The molecule has 0 radical (unpaired) electrons. The van der Waals surface area contributed by atoms with Crippen LogP contribution in [-0.2, 0) is 47.7 Å². The van der Waals surface area contributed by atoms with Crippen LogP contribution in [0.3, 0.4) is 0 Å². The minimum atomic E-state index is -2.51. The van der Waals surface area contributed by atoms with Gasteiger partial charge >= 0.3 is 29.8 Å². The van der Waals surface area contributed by atoms with Gasteiger partial charge in [-0.1, -0.05) is 80.6 Å². The molecule has 3 aromatic carbocycles. The maximum atomic E-state index is 15.6. The van der Waals surface area contributed by atoms with E-state index in [4.69, 9.17) is 23.7 Å². The lowest BCUT2D eigenvalue weighted by molar-refractivity contribution is -0.269. The van der Waals surface area contributed by atoms with Crippen LogP contribution in [0.2, 0.25) is 0 Å². The van der Waals surface area contributed by atoms with Crippen molar-refractivity contribution in [3.63, 3.8) is 0 Å². The van der Waals surface area contributed by atoms with Crippen LogP contribution < -0.4 is 5.32 Å². The SMILES string of the molecule is CC(=O)OC[C@]1(OC(C)=O)CC[C@@H](O)[C@@]2(C)C(=O)[C@H](OC(C)=O)C3=C(C)[C@@H](OC(=O)[C@H](O)[C@@H](NC(=O)c4ccccc4)c4ccccc4)C[C@@](O)([C@@H](OC(=O)c4ccccc4)[C@H]12)C3(C)C. The van der Waals surface area contributed by atoms with E-state index in [2.05, 4.69) is 5.32 Å². The smallest absolute Gasteiger partial charge is 0.338 e. The van der Waals surface area contributed by atoms with Gasteiger partial charge in [-0.05, 0) is 67.7 Å². The number of carbonyl (C=O) groups is 7. The number of carbonyl (C=O) groups excluding carboxylic acids is 7. The Morgan fingerprint density at radius 3 is 1.91 bits per heavy atom. The fourth-order valence-corrected chi connectivity index (χ4v) is 10.1. The number of ketones is 1. The maximum Gasteiger partial charge on any atom is 0.338 e. The highest BCUT2D eigenvalue weighted by molar-refractivity contribution is 5.96. The monoisotopic (exact) mass is 897 g/mol. The summed E-state index contributed by atoms with van der Waals surface area (Å²) in [7, 11) is 0. The second-order valence-electron chi connectivity index (χ2n) is 17.7. The van der Waals surface area contributed by atoms with Crippen molar-refractivity contribution in [3.05, 3.63) is 119 Å². The lowest BCUT2D eigenvalue weighted by Gasteiger charge is -2.63. The summed E-state index contributed by atoms with van der Waals surface area (Å²) >= 11 is 0. The van der Waals surface area contributed by atoms with Crippen molar-refractivity contribution < 1.29 is 72.6 Å². The molecule has 3 aliphatic rings. The predicted molar refractivity (Wildman–Crippen MR) is 229 cm³/mol. The van der Waals surface area contributed by atoms with Crippen molar-refractivity contribution in [2.24, 2.45) is 16.7 Å². The van der Waals surface area contributed by atoms with Crippen LogP contribution in [0.1, 0.15) is 100 Å². The first-order valence-electron chi connectivity index (χ1n) is 21.3. The van der Waals surface area contributed by atoms with Crippen LogP contribution in [-0.4, -0.2) is 105 Å². The number of amides is 1. The average molecular weight is 898 g/mol. The molecular weight excluding hydrogens is 843 g/mol. The van der Waals surface area contributed by atoms with Crippen LogP contribution in [0, 0.1) is 16.7 Å². The van der Waals surface area contributed by atoms with Crippen molar-refractivity contribution in [2.45, 2.75) is 115 Å². The Hall–Kier alpha value is -6.23. The first-order valence-corrected chi connectivity index (χ1v) is 21.3. The third kappa shape index (κ3) is 9.07. The molecule has 3 aliphatic carbocycles. The summed E-state index contributed by atoms with van der Waals surface area (Å²) in [6.07, 6.45) is -10.3. The van der Waals surface area contributed by atoms with Crippen molar-refractivity contribution in [1.82, 2.24) is 5.32 Å². The Morgan fingerprint density at radius 2 is 1.35 bits per heavy atom. The van der Waals surface area contributed by atoms with Crippen LogP contribution in [0.25, 0.3) is 0 Å². The summed E-state index contributed by atoms with van der Waals surface area (Å²) in [5.74, 6) is -8.27. The molecule has 65 heavy (non-hydrogen) atoms. The number of fused-ring (bicyclic) bond motifs is 3. The van der Waals surface area contributed by atoms with E-state index in [9.17, 15) is 44.1 Å². The third-order valence-corrected chi connectivity index (χ3v) is 13.4. The van der Waals surface area contributed by atoms with Gasteiger partial charge in [0.2, 0.25) is 0 Å². The van der Waals surface area contributed by atoms with Gasteiger partial charge in [0.05, 0.1) is 29.0 Å². The Bertz CT molecular complexity index is 2350. The van der Waals surface area contributed by atoms with Crippen LogP contribution >= 0.6 is 0 Å². The van der Waals surface area contributed by atoms with Crippen molar-refractivity contribution in [2.75, 3.05) is 6.61 Å². The number of aliphatic hydroxyl groups is 3. The Labute approximate surface area is 376 Å². The largest absolute Gasteiger partial charge is 0.462 e. The second kappa shape index (κ2) is 18.7. The summed E-state index contributed by atoms with van der Waals surface area (Å²) in [5, 5.41) is 40.4. The van der Waals surface area contributed by atoms with Crippen LogP contribution in [0.5, 0.6) is 0 Å². The van der Waals surface area contributed by atoms with Crippen LogP contribution in [0.15, 0.2) is 102 Å². The Balaban J connectivity index is 1.57. The molecule has 1 amide bonds. The van der Waals surface area contributed by atoms with Crippen molar-refractivity contribution >= 4 is 41.5 Å². The summed E-state index contributed by atoms with van der Waals surface area (Å²) < 4.78 is 29.9. The molecule has 0 aliphatic heterocycles. The molecule has 0 unspecified atom stereocenters. The molecule has 4 N–H and O–H groups in total. The third-order valence-electron chi connectivity index (χ3n) is 13.4. The summed E-state index contributed by atoms with van der Waals surface area (Å²) in [5.41, 5.74) is -7.93.